The normalized spacial score (nSPS) is 17.8. The van der Waals surface area contributed by atoms with Gasteiger partial charge in [-0.2, -0.15) is 0 Å². The Morgan fingerprint density at radius 2 is 2.20 bits per heavy atom. The van der Waals surface area contributed by atoms with Crippen molar-refractivity contribution < 1.29 is 0 Å². The molecular weight excluding hydrogens is 186 g/mol. The summed E-state index contributed by atoms with van der Waals surface area (Å²) >= 11 is 0. The summed E-state index contributed by atoms with van der Waals surface area (Å²) in [6.07, 6.45) is 3.86. The smallest absolute Gasteiger partial charge is 0.0480 e. The zero-order chi connectivity index (χ0) is 10.8. The Hall–Kier alpha value is -0.930. The summed E-state index contributed by atoms with van der Waals surface area (Å²) in [6, 6.07) is 4.47. The molecule has 1 aromatic rings. The van der Waals surface area contributed by atoms with E-state index in [9.17, 15) is 0 Å². The second-order valence-electron chi connectivity index (χ2n) is 4.53. The second kappa shape index (κ2) is 4.29. The molecule has 0 saturated heterocycles. The minimum atomic E-state index is 0.269. The van der Waals surface area contributed by atoms with Crippen molar-refractivity contribution in [2.24, 2.45) is 11.8 Å². The van der Waals surface area contributed by atoms with Gasteiger partial charge in [-0.15, -0.1) is 0 Å². The summed E-state index contributed by atoms with van der Waals surface area (Å²) in [7, 11) is 0. The number of hydrogen-bond donors (Lipinski definition) is 2. The fraction of sp³-hybridized carbons (Fsp3) is 0.583. The van der Waals surface area contributed by atoms with Gasteiger partial charge in [-0.25, -0.2) is 0 Å². The summed E-state index contributed by atoms with van der Waals surface area (Å²) < 4.78 is 0. The van der Waals surface area contributed by atoms with Crippen LogP contribution in [-0.2, 0) is 0 Å². The van der Waals surface area contributed by atoms with E-state index in [-0.39, 0.29) is 6.04 Å². The largest absolute Gasteiger partial charge is 0.271 e. The standard InChI is InChI=1S/C12H19N3/c1-8-3-6-11(9(2)14-8)12(15-13)7-10-4-5-10/h3,6,10,12,15H,4-5,7,13H2,1-2H3. The molecule has 15 heavy (non-hydrogen) atoms. The molecule has 1 aliphatic rings. The summed E-state index contributed by atoms with van der Waals surface area (Å²) in [6.45, 7) is 4.07. The molecule has 1 saturated carbocycles. The van der Waals surface area contributed by atoms with Crippen molar-refractivity contribution in [3.8, 4) is 0 Å². The molecule has 0 amide bonds. The SMILES string of the molecule is Cc1ccc(C(CC2CC2)NN)c(C)n1. The third-order valence-corrected chi connectivity index (χ3v) is 3.11. The quantitative estimate of drug-likeness (QED) is 0.584. The minimum absolute atomic E-state index is 0.269. The lowest BCUT2D eigenvalue weighted by molar-refractivity contribution is 0.483. The number of aromatic nitrogens is 1. The topological polar surface area (TPSA) is 50.9 Å². The van der Waals surface area contributed by atoms with E-state index in [0.29, 0.717) is 0 Å². The lowest BCUT2D eigenvalue weighted by atomic mass is 10.0. The molecule has 3 nitrogen and oxygen atoms in total. The average Bonchev–Trinajstić information content (AvgIpc) is 2.99. The lowest BCUT2D eigenvalue weighted by Gasteiger charge is -2.17. The van der Waals surface area contributed by atoms with E-state index in [1.165, 1.54) is 18.4 Å². The molecule has 3 heteroatoms. The number of aryl methyl sites for hydroxylation is 2. The van der Waals surface area contributed by atoms with Crippen molar-refractivity contribution in [1.29, 1.82) is 0 Å². The van der Waals surface area contributed by atoms with Gasteiger partial charge in [-0.3, -0.25) is 16.3 Å². The van der Waals surface area contributed by atoms with E-state index in [4.69, 9.17) is 5.84 Å². The molecule has 1 atom stereocenters. The van der Waals surface area contributed by atoms with Gasteiger partial charge in [0.1, 0.15) is 0 Å². The van der Waals surface area contributed by atoms with Crippen LogP contribution < -0.4 is 11.3 Å². The molecule has 0 aromatic carbocycles. The zero-order valence-corrected chi connectivity index (χ0v) is 9.46. The van der Waals surface area contributed by atoms with Crippen molar-refractivity contribution >= 4 is 0 Å². The Kier molecular flexibility index (Phi) is 3.03. The highest BCUT2D eigenvalue weighted by atomic mass is 15.2. The number of pyridine rings is 1. The Labute approximate surface area is 91.1 Å². The summed E-state index contributed by atoms with van der Waals surface area (Å²) in [5, 5.41) is 0. The Bertz CT molecular complexity index is 345. The van der Waals surface area contributed by atoms with Crippen LogP contribution in [0.1, 0.15) is 42.3 Å². The Morgan fingerprint density at radius 1 is 1.47 bits per heavy atom. The molecule has 3 N–H and O–H groups in total. The van der Waals surface area contributed by atoms with E-state index < -0.39 is 0 Å². The minimum Gasteiger partial charge on any atom is -0.271 e. The van der Waals surface area contributed by atoms with Gasteiger partial charge in [-0.1, -0.05) is 18.9 Å². The highest BCUT2D eigenvalue weighted by Crippen LogP contribution is 2.37. The Morgan fingerprint density at radius 3 is 2.73 bits per heavy atom. The van der Waals surface area contributed by atoms with Gasteiger partial charge < -0.3 is 0 Å². The number of hydrazine groups is 1. The number of nitrogens with zero attached hydrogens (tertiary/aromatic N) is 1. The molecule has 0 bridgehead atoms. The van der Waals surface area contributed by atoms with Crippen LogP contribution in [0.5, 0.6) is 0 Å². The first kappa shape index (κ1) is 10.6. The van der Waals surface area contributed by atoms with E-state index >= 15 is 0 Å². The second-order valence-corrected chi connectivity index (χ2v) is 4.53. The first-order valence-electron chi connectivity index (χ1n) is 5.61. The number of nitrogens with one attached hydrogen (secondary N) is 1. The first-order valence-corrected chi connectivity index (χ1v) is 5.61. The van der Waals surface area contributed by atoms with E-state index in [2.05, 4.69) is 29.5 Å². The average molecular weight is 205 g/mol. The van der Waals surface area contributed by atoms with E-state index in [1.807, 2.05) is 6.92 Å². The molecule has 1 heterocycles. The highest BCUT2D eigenvalue weighted by Gasteiger charge is 2.26. The Balaban J connectivity index is 2.16. The van der Waals surface area contributed by atoms with Crippen molar-refractivity contribution in [2.45, 2.75) is 39.2 Å². The van der Waals surface area contributed by atoms with Gasteiger partial charge in [0.05, 0.1) is 0 Å². The maximum Gasteiger partial charge on any atom is 0.0480 e. The van der Waals surface area contributed by atoms with Crippen molar-refractivity contribution in [1.82, 2.24) is 10.4 Å². The molecule has 2 rings (SSSR count). The lowest BCUT2D eigenvalue weighted by Crippen LogP contribution is -2.29. The first-order chi connectivity index (χ1) is 7.20. The zero-order valence-electron chi connectivity index (χ0n) is 9.46. The maximum atomic E-state index is 5.61. The molecule has 1 aliphatic carbocycles. The van der Waals surface area contributed by atoms with Gasteiger partial charge in [0, 0.05) is 17.4 Å². The summed E-state index contributed by atoms with van der Waals surface area (Å²) in [4.78, 5) is 4.47. The van der Waals surface area contributed by atoms with Gasteiger partial charge in [-0.05, 0) is 37.8 Å². The maximum absolute atomic E-state index is 5.61. The van der Waals surface area contributed by atoms with Gasteiger partial charge >= 0.3 is 0 Å². The molecule has 1 fully saturated rings. The molecule has 0 aliphatic heterocycles. The van der Waals surface area contributed by atoms with Gasteiger partial charge in [0.15, 0.2) is 0 Å². The third-order valence-electron chi connectivity index (χ3n) is 3.11. The van der Waals surface area contributed by atoms with Crippen LogP contribution in [0.15, 0.2) is 12.1 Å². The monoisotopic (exact) mass is 205 g/mol. The number of nitrogens with two attached hydrogens (primary N) is 1. The molecule has 1 aromatic heterocycles. The van der Waals surface area contributed by atoms with E-state index in [0.717, 1.165) is 23.7 Å². The molecule has 0 radical (unpaired) electrons. The van der Waals surface area contributed by atoms with Crippen molar-refractivity contribution in [2.75, 3.05) is 0 Å². The van der Waals surface area contributed by atoms with Gasteiger partial charge in [0.25, 0.3) is 0 Å². The molecule has 1 unspecified atom stereocenters. The van der Waals surface area contributed by atoms with Crippen LogP contribution in [0.2, 0.25) is 0 Å². The molecule has 0 spiro atoms. The predicted molar refractivity (Wildman–Crippen MR) is 61.1 cm³/mol. The summed E-state index contributed by atoms with van der Waals surface area (Å²) in [5.41, 5.74) is 6.32. The van der Waals surface area contributed by atoms with Crippen molar-refractivity contribution in [3.63, 3.8) is 0 Å². The third kappa shape index (κ3) is 2.55. The van der Waals surface area contributed by atoms with Crippen LogP contribution in [0.4, 0.5) is 0 Å². The van der Waals surface area contributed by atoms with Crippen LogP contribution >= 0.6 is 0 Å². The fourth-order valence-electron chi connectivity index (χ4n) is 2.04. The number of rotatable bonds is 4. The fourth-order valence-corrected chi connectivity index (χ4v) is 2.04. The molecular formula is C12H19N3. The molecule has 82 valence electrons. The van der Waals surface area contributed by atoms with Crippen molar-refractivity contribution in [3.05, 3.63) is 29.1 Å². The van der Waals surface area contributed by atoms with Crippen LogP contribution in [0.25, 0.3) is 0 Å². The van der Waals surface area contributed by atoms with Gasteiger partial charge in [0.2, 0.25) is 0 Å². The number of hydrogen-bond acceptors (Lipinski definition) is 3. The van der Waals surface area contributed by atoms with E-state index in [1.54, 1.807) is 0 Å². The highest BCUT2D eigenvalue weighted by molar-refractivity contribution is 5.25. The predicted octanol–water partition coefficient (Wildman–Crippen LogP) is 2.00. The summed E-state index contributed by atoms with van der Waals surface area (Å²) in [5.74, 6) is 6.48. The van der Waals surface area contributed by atoms with Crippen LogP contribution in [0.3, 0.4) is 0 Å². The van der Waals surface area contributed by atoms with Crippen LogP contribution in [0, 0.1) is 19.8 Å². The van der Waals surface area contributed by atoms with Crippen LogP contribution in [-0.4, -0.2) is 4.98 Å².